The minimum atomic E-state index is -3.54. The van der Waals surface area contributed by atoms with Crippen LogP contribution < -0.4 is 14.4 Å². The Kier molecular flexibility index (Phi) is 8.24. The number of amides is 1. The zero-order valence-electron chi connectivity index (χ0n) is 18.2. The summed E-state index contributed by atoms with van der Waals surface area (Å²) < 4.78 is 31.6. The Morgan fingerprint density at radius 2 is 1.70 bits per heavy atom. The lowest BCUT2D eigenvalue weighted by molar-refractivity contribution is 0.0947. The number of para-hydroxylation sites is 1. The van der Waals surface area contributed by atoms with Gasteiger partial charge in [-0.3, -0.25) is 9.10 Å². The first-order chi connectivity index (χ1) is 15.6. The molecule has 0 heterocycles. The molecule has 0 bridgehead atoms. The highest BCUT2D eigenvalue weighted by molar-refractivity contribution is 7.92. The van der Waals surface area contributed by atoms with Gasteiger partial charge in [0.15, 0.2) is 0 Å². The summed E-state index contributed by atoms with van der Waals surface area (Å²) in [5.74, 6) is 0.303. The molecular weight excluding hydrogens is 483 g/mol. The Hall–Kier alpha value is -2.74. The predicted octanol–water partition coefficient (Wildman–Crippen LogP) is 5.08. The van der Waals surface area contributed by atoms with Crippen LogP contribution in [0.2, 0.25) is 10.0 Å². The predicted molar refractivity (Wildman–Crippen MR) is 133 cm³/mol. The molecule has 6 nitrogen and oxygen atoms in total. The van der Waals surface area contributed by atoms with E-state index in [0.29, 0.717) is 33.6 Å². The zero-order chi connectivity index (χ0) is 24.0. The van der Waals surface area contributed by atoms with E-state index in [1.807, 2.05) is 19.1 Å². The summed E-state index contributed by atoms with van der Waals surface area (Å²) >= 11 is 12.2. The van der Waals surface area contributed by atoms with Crippen molar-refractivity contribution in [2.24, 2.45) is 0 Å². The molecule has 0 aliphatic rings. The molecule has 0 saturated carbocycles. The normalized spacial score (nSPS) is 11.2. The third-order valence-electron chi connectivity index (χ3n) is 4.87. The first-order valence-electron chi connectivity index (χ1n) is 10.1. The quantitative estimate of drug-likeness (QED) is 0.410. The van der Waals surface area contributed by atoms with Crippen molar-refractivity contribution in [3.63, 3.8) is 0 Å². The molecule has 0 spiro atoms. The van der Waals surface area contributed by atoms with Crippen LogP contribution in [0.3, 0.4) is 0 Å². The van der Waals surface area contributed by atoms with Gasteiger partial charge in [-0.2, -0.15) is 0 Å². The molecule has 0 aromatic heterocycles. The zero-order valence-corrected chi connectivity index (χ0v) is 20.5. The molecule has 1 N–H and O–H groups in total. The molecule has 0 atom stereocenters. The van der Waals surface area contributed by atoms with Crippen LogP contribution in [-0.4, -0.2) is 33.7 Å². The second kappa shape index (κ2) is 10.9. The largest absolute Gasteiger partial charge is 0.490 e. The van der Waals surface area contributed by atoms with E-state index >= 15 is 0 Å². The lowest BCUT2D eigenvalue weighted by Gasteiger charge is -2.23. The van der Waals surface area contributed by atoms with Gasteiger partial charge in [0.2, 0.25) is 10.0 Å². The third kappa shape index (κ3) is 6.87. The Balaban J connectivity index is 1.60. The van der Waals surface area contributed by atoms with E-state index in [0.717, 1.165) is 17.4 Å². The van der Waals surface area contributed by atoms with Crippen molar-refractivity contribution >= 4 is 44.8 Å². The van der Waals surface area contributed by atoms with Crippen molar-refractivity contribution in [2.75, 3.05) is 23.7 Å². The second-order valence-electron chi connectivity index (χ2n) is 7.43. The van der Waals surface area contributed by atoms with Crippen LogP contribution in [0.5, 0.6) is 5.75 Å². The number of aryl methyl sites for hydroxylation is 1. The number of benzene rings is 3. The topological polar surface area (TPSA) is 75.7 Å². The summed E-state index contributed by atoms with van der Waals surface area (Å²) in [7, 11) is -3.54. The Morgan fingerprint density at radius 3 is 2.33 bits per heavy atom. The van der Waals surface area contributed by atoms with Crippen molar-refractivity contribution in [2.45, 2.75) is 13.5 Å². The van der Waals surface area contributed by atoms with Crippen LogP contribution in [0.15, 0.2) is 66.7 Å². The fourth-order valence-electron chi connectivity index (χ4n) is 3.05. The van der Waals surface area contributed by atoms with Crippen LogP contribution in [0.25, 0.3) is 0 Å². The molecule has 0 aliphatic heterocycles. The van der Waals surface area contributed by atoms with E-state index in [4.69, 9.17) is 27.9 Å². The highest BCUT2D eigenvalue weighted by atomic mass is 35.5. The van der Waals surface area contributed by atoms with Crippen molar-refractivity contribution < 1.29 is 17.9 Å². The molecular formula is C24H24Cl2N2O4S. The number of nitrogens with one attached hydrogen (secondary N) is 1. The van der Waals surface area contributed by atoms with Gasteiger partial charge in [-0.25, -0.2) is 8.42 Å². The molecule has 9 heteroatoms. The number of nitrogens with zero attached hydrogens (tertiary/aromatic N) is 1. The minimum Gasteiger partial charge on any atom is -0.490 e. The standard InChI is InChI=1S/C24H24Cl2N2O4S/c1-17-7-12-20(15-22(17)26)28(33(2,30)31)16-18-8-10-19(11-9-18)24(29)27-13-14-32-23-6-4-3-5-21(23)25/h3-12,15H,13-14,16H2,1-2H3,(H,27,29). The monoisotopic (exact) mass is 506 g/mol. The number of anilines is 1. The van der Waals surface area contributed by atoms with Crippen molar-refractivity contribution in [1.82, 2.24) is 5.32 Å². The van der Waals surface area contributed by atoms with Gasteiger partial charge in [-0.15, -0.1) is 0 Å². The van der Waals surface area contributed by atoms with Gasteiger partial charge >= 0.3 is 0 Å². The molecule has 0 fully saturated rings. The summed E-state index contributed by atoms with van der Waals surface area (Å²) in [5, 5.41) is 3.78. The number of hydrogen-bond acceptors (Lipinski definition) is 4. The second-order valence-corrected chi connectivity index (χ2v) is 10.2. The number of hydrogen-bond donors (Lipinski definition) is 1. The molecule has 0 radical (unpaired) electrons. The van der Waals surface area contributed by atoms with Crippen molar-refractivity contribution in [1.29, 1.82) is 0 Å². The lowest BCUT2D eigenvalue weighted by atomic mass is 10.1. The maximum atomic E-state index is 12.4. The van der Waals surface area contributed by atoms with Gasteiger partial charge in [-0.05, 0) is 54.4 Å². The molecule has 0 aliphatic carbocycles. The first-order valence-corrected chi connectivity index (χ1v) is 12.7. The summed E-state index contributed by atoms with van der Waals surface area (Å²) in [6.07, 6.45) is 1.15. The Morgan fingerprint density at radius 1 is 1.00 bits per heavy atom. The summed E-state index contributed by atoms with van der Waals surface area (Å²) in [5.41, 5.74) is 2.53. The van der Waals surface area contributed by atoms with Gasteiger partial charge in [0, 0.05) is 10.6 Å². The third-order valence-corrected chi connectivity index (χ3v) is 6.73. The molecule has 0 saturated heterocycles. The maximum Gasteiger partial charge on any atom is 0.251 e. The highest BCUT2D eigenvalue weighted by Gasteiger charge is 2.19. The van der Waals surface area contributed by atoms with E-state index in [1.165, 1.54) is 4.31 Å². The van der Waals surface area contributed by atoms with Gasteiger partial charge in [0.25, 0.3) is 5.91 Å². The molecule has 0 unspecified atom stereocenters. The van der Waals surface area contributed by atoms with Crippen LogP contribution >= 0.6 is 23.2 Å². The molecule has 3 aromatic rings. The van der Waals surface area contributed by atoms with Gasteiger partial charge in [0.05, 0.1) is 30.1 Å². The summed E-state index contributed by atoms with van der Waals surface area (Å²) in [6.45, 7) is 2.55. The van der Waals surface area contributed by atoms with E-state index in [2.05, 4.69) is 5.32 Å². The average molecular weight is 507 g/mol. The van der Waals surface area contributed by atoms with Gasteiger partial charge < -0.3 is 10.1 Å². The smallest absolute Gasteiger partial charge is 0.251 e. The SMILES string of the molecule is Cc1ccc(N(Cc2ccc(C(=O)NCCOc3ccccc3Cl)cc2)S(C)(=O)=O)cc1Cl. The number of carbonyl (C=O) groups excluding carboxylic acids is 1. The fourth-order valence-corrected chi connectivity index (χ4v) is 4.30. The summed E-state index contributed by atoms with van der Waals surface area (Å²) in [4.78, 5) is 12.4. The Bertz CT molecular complexity index is 1230. The number of sulfonamides is 1. The summed E-state index contributed by atoms with van der Waals surface area (Å²) in [6, 6.07) is 19.0. The number of carbonyl (C=O) groups is 1. The van der Waals surface area contributed by atoms with E-state index in [-0.39, 0.29) is 19.1 Å². The molecule has 3 aromatic carbocycles. The lowest BCUT2D eigenvalue weighted by Crippen LogP contribution is -2.29. The Labute approximate surface area is 204 Å². The number of ether oxygens (including phenoxy) is 1. The minimum absolute atomic E-state index is 0.117. The molecule has 3 rings (SSSR count). The molecule has 33 heavy (non-hydrogen) atoms. The fraction of sp³-hybridized carbons (Fsp3) is 0.208. The van der Waals surface area contributed by atoms with Gasteiger partial charge in [0.1, 0.15) is 12.4 Å². The van der Waals surface area contributed by atoms with Crippen LogP contribution in [0.4, 0.5) is 5.69 Å². The highest BCUT2D eigenvalue weighted by Crippen LogP contribution is 2.26. The number of rotatable bonds is 9. The van der Waals surface area contributed by atoms with E-state index < -0.39 is 10.0 Å². The maximum absolute atomic E-state index is 12.4. The van der Waals surface area contributed by atoms with E-state index in [9.17, 15) is 13.2 Å². The van der Waals surface area contributed by atoms with Crippen molar-refractivity contribution in [3.8, 4) is 5.75 Å². The van der Waals surface area contributed by atoms with Gasteiger partial charge in [-0.1, -0.05) is 53.5 Å². The van der Waals surface area contributed by atoms with Crippen molar-refractivity contribution in [3.05, 3.63) is 93.5 Å². The van der Waals surface area contributed by atoms with Crippen LogP contribution in [-0.2, 0) is 16.6 Å². The van der Waals surface area contributed by atoms with Crippen LogP contribution in [0.1, 0.15) is 21.5 Å². The van der Waals surface area contributed by atoms with E-state index in [1.54, 1.807) is 54.6 Å². The molecule has 1 amide bonds. The number of halogens is 2. The molecule has 174 valence electrons. The average Bonchev–Trinajstić information content (AvgIpc) is 2.77. The first kappa shape index (κ1) is 24.9. The van der Waals surface area contributed by atoms with Crippen LogP contribution in [0, 0.1) is 6.92 Å².